The van der Waals surface area contributed by atoms with Crippen molar-refractivity contribution in [2.75, 3.05) is 0 Å². The van der Waals surface area contributed by atoms with Gasteiger partial charge >= 0.3 is 107 Å². The van der Waals surface area contributed by atoms with E-state index in [0.29, 0.717) is 0 Å². The number of hydrogen-bond donors (Lipinski definition) is 1. The minimum absolute atomic E-state index is 0.0347. The van der Waals surface area contributed by atoms with E-state index in [-0.39, 0.29) is 15.3 Å². The monoisotopic (exact) mass is 282 g/mol. The third-order valence-electron chi connectivity index (χ3n) is 2.56. The molecule has 2 nitrogen and oxygen atoms in total. The molecule has 1 aliphatic heterocycles. The summed E-state index contributed by atoms with van der Waals surface area (Å²) in [4.78, 5) is 0. The molecule has 17 heavy (non-hydrogen) atoms. The third-order valence-corrected chi connectivity index (χ3v) is 4.98. The van der Waals surface area contributed by atoms with Crippen LogP contribution in [0.2, 0.25) is 0 Å². The van der Waals surface area contributed by atoms with Gasteiger partial charge in [-0.25, -0.2) is 0 Å². The molecule has 3 heteroatoms. The predicted molar refractivity (Wildman–Crippen MR) is 72.4 cm³/mol. The molecule has 0 amide bonds. The Hall–Kier alpha value is -1.66. The molecular weight excluding hydrogens is 271 g/mol. The van der Waals surface area contributed by atoms with Crippen LogP contribution >= 0.6 is 0 Å². The Bertz CT molecular complexity index is 574. The van der Waals surface area contributed by atoms with E-state index in [1.165, 1.54) is 20.1 Å². The second kappa shape index (κ2) is 4.68. The summed E-state index contributed by atoms with van der Waals surface area (Å²) in [5.41, 5.74) is 5.65. The van der Waals surface area contributed by atoms with Crippen molar-refractivity contribution in [1.29, 1.82) is 0 Å². The van der Waals surface area contributed by atoms with Crippen LogP contribution in [0.5, 0.6) is 0 Å². The standard InChI is InChI=1S/C14H11AsN2/c1-3-7-11(8-4-1)13-15-14(17-16-13)12-9-5-2-6-10-12/h1-10H,(H,16,17). The van der Waals surface area contributed by atoms with E-state index in [1.807, 2.05) is 12.1 Å². The van der Waals surface area contributed by atoms with E-state index >= 15 is 0 Å². The summed E-state index contributed by atoms with van der Waals surface area (Å²) in [5, 5.41) is 4.44. The zero-order chi connectivity index (χ0) is 11.5. The first-order chi connectivity index (χ1) is 8.43. The summed E-state index contributed by atoms with van der Waals surface area (Å²) in [6.07, 6.45) is 0. The van der Waals surface area contributed by atoms with Crippen molar-refractivity contribution in [3.63, 3.8) is 0 Å². The molecule has 0 spiro atoms. The van der Waals surface area contributed by atoms with E-state index in [2.05, 4.69) is 59.1 Å². The van der Waals surface area contributed by atoms with Gasteiger partial charge in [-0.2, -0.15) is 0 Å². The molecule has 0 aliphatic carbocycles. The fourth-order valence-electron chi connectivity index (χ4n) is 1.70. The molecule has 0 fully saturated rings. The Balaban J connectivity index is 1.91. The van der Waals surface area contributed by atoms with Gasteiger partial charge in [0.25, 0.3) is 0 Å². The first kappa shape index (κ1) is 10.5. The maximum atomic E-state index is 4.44. The molecule has 0 saturated heterocycles. The first-order valence-corrected chi connectivity index (χ1v) is 7.34. The van der Waals surface area contributed by atoms with Gasteiger partial charge in [0.1, 0.15) is 0 Å². The average molecular weight is 282 g/mol. The van der Waals surface area contributed by atoms with Crippen LogP contribution in [-0.2, 0) is 0 Å². The van der Waals surface area contributed by atoms with Gasteiger partial charge in [-0.3, -0.25) is 0 Å². The molecule has 2 aromatic carbocycles. The van der Waals surface area contributed by atoms with E-state index < -0.39 is 0 Å². The van der Waals surface area contributed by atoms with Gasteiger partial charge in [0.15, 0.2) is 0 Å². The van der Waals surface area contributed by atoms with Crippen molar-refractivity contribution in [3.05, 3.63) is 71.8 Å². The van der Waals surface area contributed by atoms with Gasteiger partial charge in [-0.15, -0.1) is 0 Å². The number of nitrogens with one attached hydrogen (secondary N) is 1. The summed E-state index contributed by atoms with van der Waals surface area (Å²) in [6.45, 7) is 0. The van der Waals surface area contributed by atoms with Crippen LogP contribution in [0.15, 0.2) is 65.8 Å². The van der Waals surface area contributed by atoms with Crippen molar-refractivity contribution in [1.82, 2.24) is 5.43 Å². The van der Waals surface area contributed by atoms with Crippen molar-refractivity contribution in [2.45, 2.75) is 0 Å². The Morgan fingerprint density at radius 3 is 2.00 bits per heavy atom. The number of rotatable bonds is 2. The summed E-state index contributed by atoms with van der Waals surface area (Å²) < 4.78 is 2.46. The number of hydrogen-bond acceptors (Lipinski definition) is 2. The molecule has 0 saturated carbocycles. The van der Waals surface area contributed by atoms with Crippen molar-refractivity contribution in [2.24, 2.45) is 5.10 Å². The van der Waals surface area contributed by atoms with Crippen LogP contribution in [0.3, 0.4) is 0 Å². The Labute approximate surface area is 107 Å². The van der Waals surface area contributed by atoms with Crippen LogP contribution in [0, 0.1) is 0 Å². The number of nitrogens with zero attached hydrogens (tertiary/aromatic N) is 1. The Morgan fingerprint density at radius 2 is 1.35 bits per heavy atom. The average Bonchev–Trinajstić information content (AvgIpc) is 2.90. The van der Waals surface area contributed by atoms with E-state index in [0.717, 1.165) is 0 Å². The SMILES string of the molecule is c1ccc(C2=NNC(c3ccccc3)=[As]2)cc1. The molecule has 0 aromatic heterocycles. The molecular formula is C14H11AsN2. The first-order valence-electron chi connectivity index (χ1n) is 5.47. The number of hydrazone groups is 1. The summed E-state index contributed by atoms with van der Waals surface area (Å²) in [7, 11) is 0. The Kier molecular flexibility index (Phi) is 2.89. The topological polar surface area (TPSA) is 24.4 Å². The van der Waals surface area contributed by atoms with Crippen molar-refractivity contribution >= 4 is 24.2 Å². The summed E-state index contributed by atoms with van der Waals surface area (Å²) in [6, 6.07) is 20.8. The molecule has 0 bridgehead atoms. The van der Waals surface area contributed by atoms with E-state index in [4.69, 9.17) is 0 Å². The van der Waals surface area contributed by atoms with Crippen LogP contribution < -0.4 is 5.43 Å². The fraction of sp³-hybridized carbons (Fsp3) is 0. The minimum atomic E-state index is -0.0347. The van der Waals surface area contributed by atoms with Crippen LogP contribution in [-0.4, -0.2) is 24.2 Å². The van der Waals surface area contributed by atoms with Gasteiger partial charge in [-0.05, 0) is 0 Å². The van der Waals surface area contributed by atoms with Crippen molar-refractivity contribution < 1.29 is 0 Å². The molecule has 0 radical (unpaired) electrons. The van der Waals surface area contributed by atoms with Gasteiger partial charge < -0.3 is 0 Å². The predicted octanol–water partition coefficient (Wildman–Crippen LogP) is 1.83. The van der Waals surface area contributed by atoms with Crippen LogP contribution in [0.25, 0.3) is 0 Å². The van der Waals surface area contributed by atoms with E-state index in [1.54, 1.807) is 0 Å². The second-order valence-corrected chi connectivity index (χ2v) is 6.04. The second-order valence-electron chi connectivity index (χ2n) is 3.74. The third kappa shape index (κ3) is 2.22. The fourth-order valence-corrected chi connectivity index (χ4v) is 3.73. The summed E-state index contributed by atoms with van der Waals surface area (Å²) in [5.74, 6) is 0. The van der Waals surface area contributed by atoms with Gasteiger partial charge in [-0.1, -0.05) is 0 Å². The summed E-state index contributed by atoms with van der Waals surface area (Å²) >= 11 is -0.0347. The molecule has 2 aromatic rings. The molecule has 0 atom stereocenters. The quantitative estimate of drug-likeness (QED) is 0.835. The molecule has 82 valence electrons. The van der Waals surface area contributed by atoms with Crippen molar-refractivity contribution in [3.8, 4) is 0 Å². The normalized spacial score (nSPS) is 14.8. The molecule has 1 aliphatic rings. The molecule has 3 rings (SSSR count). The van der Waals surface area contributed by atoms with Gasteiger partial charge in [0, 0.05) is 0 Å². The molecule has 1 heterocycles. The van der Waals surface area contributed by atoms with Gasteiger partial charge in [0.2, 0.25) is 0 Å². The molecule has 1 N–H and O–H groups in total. The zero-order valence-electron chi connectivity index (χ0n) is 9.17. The Morgan fingerprint density at radius 1 is 0.765 bits per heavy atom. The van der Waals surface area contributed by atoms with Gasteiger partial charge in [0.05, 0.1) is 0 Å². The molecule has 0 unspecified atom stereocenters. The van der Waals surface area contributed by atoms with Crippen LogP contribution in [0.1, 0.15) is 11.1 Å². The zero-order valence-corrected chi connectivity index (χ0v) is 11.0. The maximum absolute atomic E-state index is 4.44. The number of benzene rings is 2. The van der Waals surface area contributed by atoms with E-state index in [9.17, 15) is 0 Å². The van der Waals surface area contributed by atoms with Crippen LogP contribution in [0.4, 0.5) is 0 Å².